The molecule has 0 aliphatic rings. The van der Waals surface area contributed by atoms with Gasteiger partial charge in [0.2, 0.25) is 0 Å². The van der Waals surface area contributed by atoms with Crippen molar-refractivity contribution in [3.05, 3.63) is 0 Å². The first kappa shape index (κ1) is 11.8. The molecule has 0 rings (SSSR count). The Balaban J connectivity index is 3.17. The van der Waals surface area contributed by atoms with E-state index in [4.69, 9.17) is 16.1 Å². The molecule has 3 nitrogen and oxygen atoms in total. The first-order valence-corrected chi connectivity index (χ1v) is 5.20. The summed E-state index contributed by atoms with van der Waals surface area (Å²) in [5.41, 5.74) is 5.40. The van der Waals surface area contributed by atoms with Gasteiger partial charge in [0.25, 0.3) is 0 Å². The highest BCUT2D eigenvalue weighted by Crippen LogP contribution is 2.09. The second-order valence-electron chi connectivity index (χ2n) is 2.89. The molecule has 0 aliphatic carbocycles. The van der Waals surface area contributed by atoms with E-state index in [0.29, 0.717) is 5.92 Å². The second-order valence-corrected chi connectivity index (χ2v) is 4.04. The lowest BCUT2D eigenvalue weighted by atomic mass is 10.2. The normalized spacial score (nSPS) is 15.2. The Morgan fingerprint density at radius 2 is 2.33 bits per heavy atom. The molecule has 0 aromatic carbocycles. The zero-order valence-electron chi connectivity index (χ0n) is 7.36. The Labute approximate surface area is 77.9 Å². The summed E-state index contributed by atoms with van der Waals surface area (Å²) < 4.78 is 0. The molecule has 0 radical (unpaired) electrons. The summed E-state index contributed by atoms with van der Waals surface area (Å²) >= 11 is 1.74. The van der Waals surface area contributed by atoms with Crippen LogP contribution in [-0.4, -0.2) is 29.3 Å². The number of nitrogens with two attached hydrogens (primary N) is 1. The SMILES string of the molecule is CC(CO)CSCCC(N)C#N. The van der Waals surface area contributed by atoms with Crippen LogP contribution < -0.4 is 5.73 Å². The van der Waals surface area contributed by atoms with E-state index in [0.717, 1.165) is 17.9 Å². The second kappa shape index (κ2) is 7.41. The predicted octanol–water partition coefficient (Wildman–Crippen LogP) is 0.589. The molecular formula is C8H16N2OS. The molecule has 12 heavy (non-hydrogen) atoms. The van der Waals surface area contributed by atoms with Gasteiger partial charge in [-0.2, -0.15) is 17.0 Å². The lowest BCUT2D eigenvalue weighted by Gasteiger charge is -2.07. The number of aliphatic hydroxyl groups excluding tert-OH is 1. The number of hydrogen-bond donors (Lipinski definition) is 2. The molecule has 0 fully saturated rings. The first-order chi connectivity index (χ1) is 5.70. The van der Waals surface area contributed by atoms with Crippen LogP contribution in [0.3, 0.4) is 0 Å². The number of hydrogen-bond acceptors (Lipinski definition) is 4. The van der Waals surface area contributed by atoms with Gasteiger partial charge in [-0.25, -0.2) is 0 Å². The predicted molar refractivity (Wildman–Crippen MR) is 51.8 cm³/mol. The zero-order valence-corrected chi connectivity index (χ0v) is 8.18. The van der Waals surface area contributed by atoms with E-state index in [1.807, 2.05) is 13.0 Å². The number of thioether (sulfide) groups is 1. The van der Waals surface area contributed by atoms with Crippen LogP contribution in [0.1, 0.15) is 13.3 Å². The highest BCUT2D eigenvalue weighted by molar-refractivity contribution is 7.99. The van der Waals surface area contributed by atoms with Gasteiger partial charge in [-0.05, 0) is 23.8 Å². The first-order valence-electron chi connectivity index (χ1n) is 4.04. The van der Waals surface area contributed by atoms with Gasteiger partial charge in [-0.3, -0.25) is 0 Å². The average molecular weight is 188 g/mol. The van der Waals surface area contributed by atoms with Crippen LogP contribution >= 0.6 is 11.8 Å². The highest BCUT2D eigenvalue weighted by Gasteiger charge is 2.02. The fourth-order valence-electron chi connectivity index (χ4n) is 0.612. The molecule has 0 aromatic heterocycles. The largest absolute Gasteiger partial charge is 0.396 e. The third-order valence-electron chi connectivity index (χ3n) is 1.45. The van der Waals surface area contributed by atoms with Crippen LogP contribution in [0.4, 0.5) is 0 Å². The van der Waals surface area contributed by atoms with Crippen LogP contribution in [-0.2, 0) is 0 Å². The van der Waals surface area contributed by atoms with Crippen molar-refractivity contribution in [2.45, 2.75) is 19.4 Å². The van der Waals surface area contributed by atoms with Crippen LogP contribution in [0.5, 0.6) is 0 Å². The number of nitrogens with zero attached hydrogens (tertiary/aromatic N) is 1. The van der Waals surface area contributed by atoms with Gasteiger partial charge in [0.05, 0.1) is 12.1 Å². The van der Waals surface area contributed by atoms with Gasteiger partial charge >= 0.3 is 0 Å². The van der Waals surface area contributed by atoms with Crippen LogP contribution in [0.25, 0.3) is 0 Å². The molecule has 2 unspecified atom stereocenters. The summed E-state index contributed by atoms with van der Waals surface area (Å²) in [5.74, 6) is 2.18. The summed E-state index contributed by atoms with van der Waals surface area (Å²) in [6.07, 6.45) is 0.735. The molecule has 0 saturated heterocycles. The summed E-state index contributed by atoms with van der Waals surface area (Å²) in [7, 11) is 0. The summed E-state index contributed by atoms with van der Waals surface area (Å²) in [6.45, 7) is 2.23. The third-order valence-corrected chi connectivity index (χ3v) is 2.78. The third kappa shape index (κ3) is 6.47. The van der Waals surface area contributed by atoms with E-state index in [1.165, 1.54) is 0 Å². The minimum absolute atomic E-state index is 0.233. The fourth-order valence-corrected chi connectivity index (χ4v) is 1.71. The summed E-state index contributed by atoms with van der Waals surface area (Å²) in [4.78, 5) is 0. The van der Waals surface area contributed by atoms with Crippen LogP contribution in [0.2, 0.25) is 0 Å². The maximum atomic E-state index is 8.70. The lowest BCUT2D eigenvalue weighted by Crippen LogP contribution is -2.18. The maximum absolute atomic E-state index is 8.70. The van der Waals surface area contributed by atoms with Crippen molar-refractivity contribution in [1.29, 1.82) is 5.26 Å². The summed E-state index contributed by atoms with van der Waals surface area (Å²) in [6, 6.07) is 1.65. The quantitative estimate of drug-likeness (QED) is 0.598. The van der Waals surface area contributed by atoms with E-state index < -0.39 is 0 Å². The number of aliphatic hydroxyl groups is 1. The van der Waals surface area contributed by atoms with E-state index >= 15 is 0 Å². The minimum atomic E-state index is -0.332. The number of rotatable bonds is 6. The maximum Gasteiger partial charge on any atom is 0.0935 e. The Morgan fingerprint density at radius 1 is 1.67 bits per heavy atom. The summed E-state index contributed by atoms with van der Waals surface area (Å²) in [5, 5.41) is 17.1. The van der Waals surface area contributed by atoms with Gasteiger partial charge in [0.1, 0.15) is 0 Å². The van der Waals surface area contributed by atoms with Crippen molar-refractivity contribution in [2.24, 2.45) is 11.7 Å². The zero-order chi connectivity index (χ0) is 9.40. The van der Waals surface area contributed by atoms with Crippen LogP contribution in [0, 0.1) is 17.2 Å². The van der Waals surface area contributed by atoms with Crippen molar-refractivity contribution >= 4 is 11.8 Å². The van der Waals surface area contributed by atoms with E-state index in [1.54, 1.807) is 11.8 Å². The highest BCUT2D eigenvalue weighted by atomic mass is 32.2. The molecule has 0 amide bonds. The average Bonchev–Trinajstić information content (AvgIpc) is 2.11. The van der Waals surface area contributed by atoms with Gasteiger partial charge in [-0.15, -0.1) is 0 Å². The van der Waals surface area contributed by atoms with E-state index in [2.05, 4.69) is 0 Å². The minimum Gasteiger partial charge on any atom is -0.396 e. The molecule has 70 valence electrons. The molecule has 0 spiro atoms. The standard InChI is InChI=1S/C8H16N2OS/c1-7(5-11)6-12-3-2-8(10)4-9/h7-8,11H,2-3,5-6,10H2,1H3. The molecule has 0 saturated carbocycles. The Kier molecular flexibility index (Phi) is 7.26. The van der Waals surface area contributed by atoms with Crippen molar-refractivity contribution in [3.63, 3.8) is 0 Å². The van der Waals surface area contributed by atoms with Crippen molar-refractivity contribution in [3.8, 4) is 6.07 Å². The monoisotopic (exact) mass is 188 g/mol. The molecule has 0 aliphatic heterocycles. The molecule has 0 heterocycles. The van der Waals surface area contributed by atoms with E-state index in [9.17, 15) is 0 Å². The lowest BCUT2D eigenvalue weighted by molar-refractivity contribution is 0.250. The van der Waals surface area contributed by atoms with Gasteiger partial charge in [-0.1, -0.05) is 6.92 Å². The Hall–Kier alpha value is -0.240. The van der Waals surface area contributed by atoms with Crippen LogP contribution in [0.15, 0.2) is 0 Å². The van der Waals surface area contributed by atoms with E-state index in [-0.39, 0.29) is 12.6 Å². The van der Waals surface area contributed by atoms with Crippen molar-refractivity contribution in [1.82, 2.24) is 0 Å². The van der Waals surface area contributed by atoms with Gasteiger partial charge < -0.3 is 10.8 Å². The molecular weight excluding hydrogens is 172 g/mol. The fraction of sp³-hybridized carbons (Fsp3) is 0.875. The molecule has 3 N–H and O–H groups in total. The smallest absolute Gasteiger partial charge is 0.0935 e. The topological polar surface area (TPSA) is 70.0 Å². The van der Waals surface area contributed by atoms with Gasteiger partial charge in [0, 0.05) is 6.61 Å². The molecule has 2 atom stereocenters. The molecule has 0 bridgehead atoms. The van der Waals surface area contributed by atoms with Gasteiger partial charge in [0.15, 0.2) is 0 Å². The number of nitriles is 1. The Morgan fingerprint density at radius 3 is 2.83 bits per heavy atom. The Bertz CT molecular complexity index is 146. The molecule has 4 heteroatoms. The molecule has 0 aromatic rings. The van der Waals surface area contributed by atoms with Crippen molar-refractivity contribution < 1.29 is 5.11 Å². The van der Waals surface area contributed by atoms with Crippen molar-refractivity contribution in [2.75, 3.05) is 18.1 Å².